The molecule has 2 heterocycles. The van der Waals surface area contributed by atoms with Gasteiger partial charge in [0, 0.05) is 0 Å². The number of thioether (sulfide) groups is 1. The molecule has 0 fully saturated rings. The van der Waals surface area contributed by atoms with Gasteiger partial charge in [-0.2, -0.15) is 0 Å². The van der Waals surface area contributed by atoms with E-state index in [1.165, 1.54) is 11.3 Å². The highest BCUT2D eigenvalue weighted by Gasteiger charge is 2.05. The lowest BCUT2D eigenvalue weighted by Gasteiger charge is -1.91. The molecule has 0 spiro atoms. The van der Waals surface area contributed by atoms with Crippen molar-refractivity contribution in [3.05, 3.63) is 29.3 Å². The number of hydrogen-bond acceptors (Lipinski definition) is 6. The van der Waals surface area contributed by atoms with Crippen LogP contribution in [0.15, 0.2) is 29.4 Å². The van der Waals surface area contributed by atoms with Crippen LogP contribution in [0.4, 0.5) is 5.13 Å². The van der Waals surface area contributed by atoms with Crippen molar-refractivity contribution >= 4 is 39.3 Å². The number of anilines is 1. The monoisotopic (exact) mass is 263 g/mol. The number of fused-ring (bicyclic) bond motifs is 1. The second-order valence-electron chi connectivity index (χ2n) is 3.38. The van der Waals surface area contributed by atoms with Crippen molar-refractivity contribution in [1.29, 1.82) is 0 Å². The van der Waals surface area contributed by atoms with Crippen molar-refractivity contribution in [3.8, 4) is 0 Å². The van der Waals surface area contributed by atoms with Crippen LogP contribution < -0.4 is 5.73 Å². The van der Waals surface area contributed by atoms with Gasteiger partial charge >= 0.3 is 0 Å². The Balaban J connectivity index is 1.76. The summed E-state index contributed by atoms with van der Waals surface area (Å²) in [6.07, 6.45) is 0. The first-order valence-electron chi connectivity index (χ1n) is 4.97. The van der Waals surface area contributed by atoms with Crippen LogP contribution >= 0.6 is 23.1 Å². The third-order valence-electron chi connectivity index (χ3n) is 2.18. The number of benzene rings is 1. The van der Waals surface area contributed by atoms with Crippen molar-refractivity contribution in [2.24, 2.45) is 0 Å². The number of hydrogen-bond donors (Lipinski definition) is 2. The Morgan fingerprint density at radius 3 is 2.94 bits per heavy atom. The summed E-state index contributed by atoms with van der Waals surface area (Å²) in [7, 11) is 0. The van der Waals surface area contributed by atoms with Crippen LogP contribution in [-0.2, 0) is 5.75 Å². The van der Waals surface area contributed by atoms with E-state index in [1.54, 1.807) is 11.8 Å². The summed E-state index contributed by atoms with van der Waals surface area (Å²) in [5.74, 6) is 0.731. The predicted octanol–water partition coefficient (Wildman–Crippen LogP) is 2.29. The molecular weight excluding hydrogens is 254 g/mol. The molecule has 3 N–H and O–H groups in total. The van der Waals surface area contributed by atoms with Crippen LogP contribution in [0.25, 0.3) is 11.0 Å². The molecule has 0 unspecified atom stereocenters. The Bertz CT molecular complexity index is 612. The van der Waals surface area contributed by atoms with Crippen LogP contribution in [0.3, 0.4) is 0 Å². The molecule has 7 heteroatoms. The maximum atomic E-state index is 5.52. The number of imidazole rings is 1. The van der Waals surface area contributed by atoms with Crippen LogP contribution in [0.1, 0.15) is 5.01 Å². The molecule has 0 aliphatic rings. The zero-order valence-corrected chi connectivity index (χ0v) is 10.4. The number of nitrogens with two attached hydrogens (primary N) is 1. The molecule has 2 aromatic heterocycles. The quantitative estimate of drug-likeness (QED) is 0.709. The molecule has 0 aliphatic carbocycles. The summed E-state index contributed by atoms with van der Waals surface area (Å²) >= 11 is 3.01. The highest BCUT2D eigenvalue weighted by Crippen LogP contribution is 2.24. The van der Waals surface area contributed by atoms with Gasteiger partial charge in [0.15, 0.2) is 5.16 Å². The molecule has 0 saturated carbocycles. The van der Waals surface area contributed by atoms with Gasteiger partial charge in [-0.3, -0.25) is 0 Å². The number of aromatic nitrogens is 4. The number of aromatic amines is 1. The van der Waals surface area contributed by atoms with Gasteiger partial charge in [0.05, 0.1) is 16.8 Å². The lowest BCUT2D eigenvalue weighted by Crippen LogP contribution is -1.81. The molecular formula is C10H9N5S2. The fourth-order valence-corrected chi connectivity index (χ4v) is 2.93. The molecule has 0 atom stereocenters. The summed E-state index contributed by atoms with van der Waals surface area (Å²) in [5, 5.41) is 10.0. The Labute approximate surface area is 105 Å². The van der Waals surface area contributed by atoms with Gasteiger partial charge in [0.2, 0.25) is 5.13 Å². The smallest absolute Gasteiger partial charge is 0.203 e. The van der Waals surface area contributed by atoms with Crippen LogP contribution in [0.5, 0.6) is 0 Å². The topological polar surface area (TPSA) is 80.5 Å². The maximum absolute atomic E-state index is 5.52. The second-order valence-corrected chi connectivity index (χ2v) is 5.44. The fourth-order valence-electron chi connectivity index (χ4n) is 1.45. The van der Waals surface area contributed by atoms with E-state index in [2.05, 4.69) is 20.2 Å². The van der Waals surface area contributed by atoms with Crippen molar-refractivity contribution in [1.82, 2.24) is 20.2 Å². The zero-order valence-electron chi connectivity index (χ0n) is 8.75. The van der Waals surface area contributed by atoms with E-state index in [4.69, 9.17) is 5.73 Å². The van der Waals surface area contributed by atoms with Gasteiger partial charge in [0.1, 0.15) is 5.01 Å². The molecule has 0 saturated heterocycles. The van der Waals surface area contributed by atoms with E-state index in [0.717, 1.165) is 27.0 Å². The highest BCUT2D eigenvalue weighted by atomic mass is 32.2. The average molecular weight is 263 g/mol. The summed E-state index contributed by atoms with van der Waals surface area (Å²) in [6, 6.07) is 7.96. The SMILES string of the molecule is Nc1nnc(CSc2nc3ccccc3[nH]2)s1. The summed E-state index contributed by atoms with van der Waals surface area (Å²) in [5.41, 5.74) is 7.55. The largest absolute Gasteiger partial charge is 0.374 e. The third kappa shape index (κ3) is 2.25. The van der Waals surface area contributed by atoms with Crippen LogP contribution in [-0.4, -0.2) is 20.2 Å². The molecule has 0 bridgehead atoms. The third-order valence-corrected chi connectivity index (χ3v) is 4.00. The number of H-pyrrole nitrogens is 1. The lowest BCUT2D eigenvalue weighted by atomic mass is 10.3. The van der Waals surface area contributed by atoms with Gasteiger partial charge in [-0.1, -0.05) is 35.2 Å². The zero-order chi connectivity index (χ0) is 11.7. The van der Waals surface area contributed by atoms with Crippen molar-refractivity contribution in [3.63, 3.8) is 0 Å². The first-order chi connectivity index (χ1) is 8.31. The minimum atomic E-state index is 0.505. The van der Waals surface area contributed by atoms with E-state index >= 15 is 0 Å². The number of nitrogens with one attached hydrogen (secondary N) is 1. The number of nitrogen functional groups attached to an aromatic ring is 1. The summed E-state index contributed by atoms with van der Waals surface area (Å²) in [4.78, 5) is 7.72. The van der Waals surface area contributed by atoms with Crippen LogP contribution in [0.2, 0.25) is 0 Å². The van der Waals surface area contributed by atoms with Gasteiger partial charge < -0.3 is 10.7 Å². The minimum Gasteiger partial charge on any atom is -0.374 e. The van der Waals surface area contributed by atoms with Gasteiger partial charge in [-0.25, -0.2) is 4.98 Å². The predicted molar refractivity (Wildman–Crippen MR) is 70.0 cm³/mol. The molecule has 5 nitrogen and oxygen atoms in total. The number of para-hydroxylation sites is 2. The Morgan fingerprint density at radius 1 is 1.29 bits per heavy atom. The van der Waals surface area contributed by atoms with E-state index < -0.39 is 0 Å². The minimum absolute atomic E-state index is 0.505. The number of rotatable bonds is 3. The number of nitrogens with zero attached hydrogens (tertiary/aromatic N) is 3. The fraction of sp³-hybridized carbons (Fsp3) is 0.100. The van der Waals surface area contributed by atoms with Gasteiger partial charge in [-0.15, -0.1) is 10.2 Å². The van der Waals surface area contributed by atoms with Gasteiger partial charge in [0.25, 0.3) is 0 Å². The highest BCUT2D eigenvalue weighted by molar-refractivity contribution is 7.98. The second kappa shape index (κ2) is 4.34. The molecule has 1 aromatic carbocycles. The first-order valence-corrected chi connectivity index (χ1v) is 6.77. The van der Waals surface area contributed by atoms with Crippen LogP contribution in [0, 0.1) is 0 Å². The van der Waals surface area contributed by atoms with Crippen molar-refractivity contribution in [2.45, 2.75) is 10.9 Å². The Morgan fingerprint density at radius 2 is 2.18 bits per heavy atom. The van der Waals surface area contributed by atoms with E-state index in [-0.39, 0.29) is 0 Å². The summed E-state index contributed by atoms with van der Waals surface area (Å²) < 4.78 is 0. The molecule has 3 aromatic rings. The Kier molecular flexibility index (Phi) is 2.69. The lowest BCUT2D eigenvalue weighted by molar-refractivity contribution is 1.04. The standard InChI is InChI=1S/C10H9N5S2/c11-9-15-14-8(17-9)5-16-10-12-6-3-1-2-4-7(6)13-10/h1-4H,5H2,(H2,11,15)(H,12,13). The Hall–Kier alpha value is -1.60. The summed E-state index contributed by atoms with van der Waals surface area (Å²) in [6.45, 7) is 0. The molecule has 0 radical (unpaired) electrons. The normalized spacial score (nSPS) is 11.1. The molecule has 3 rings (SSSR count). The van der Waals surface area contributed by atoms with E-state index in [1.807, 2.05) is 24.3 Å². The average Bonchev–Trinajstić information content (AvgIpc) is 2.91. The van der Waals surface area contributed by atoms with Gasteiger partial charge in [-0.05, 0) is 12.1 Å². The van der Waals surface area contributed by atoms with E-state index in [0.29, 0.717) is 5.13 Å². The van der Waals surface area contributed by atoms with Crippen molar-refractivity contribution < 1.29 is 0 Å². The molecule has 17 heavy (non-hydrogen) atoms. The van der Waals surface area contributed by atoms with Crippen molar-refractivity contribution in [2.75, 3.05) is 5.73 Å². The first kappa shape index (κ1) is 10.5. The molecule has 0 aliphatic heterocycles. The molecule has 0 amide bonds. The molecule has 86 valence electrons. The maximum Gasteiger partial charge on any atom is 0.203 e. The van der Waals surface area contributed by atoms with E-state index in [9.17, 15) is 0 Å².